The summed E-state index contributed by atoms with van der Waals surface area (Å²) in [5.74, 6) is 1.10. The molecule has 0 radical (unpaired) electrons. The summed E-state index contributed by atoms with van der Waals surface area (Å²) in [7, 11) is 1.56. The second-order valence-corrected chi connectivity index (χ2v) is 5.05. The molecule has 2 amide bonds. The molecule has 1 aromatic carbocycles. The van der Waals surface area contributed by atoms with Gasteiger partial charge in [-0.2, -0.15) is 0 Å². The molecule has 0 atom stereocenters. The standard InChI is InChI=1S/C14H19ClN2O3/c1-3-20-13-11(15)6-9(7-12(13)19-2)8-16-14(18)17-10-4-5-10/h6-7,10H,3-5,8H2,1-2H3,(H2,16,17,18). The van der Waals surface area contributed by atoms with Gasteiger partial charge < -0.3 is 20.1 Å². The molecule has 0 aromatic heterocycles. The third-order valence-corrected chi connectivity index (χ3v) is 3.22. The lowest BCUT2D eigenvalue weighted by molar-refractivity contribution is 0.240. The van der Waals surface area contributed by atoms with Crippen LogP contribution >= 0.6 is 11.6 Å². The highest BCUT2D eigenvalue weighted by Crippen LogP contribution is 2.36. The third kappa shape index (κ3) is 3.93. The van der Waals surface area contributed by atoms with Gasteiger partial charge in [0.2, 0.25) is 0 Å². The Bertz CT molecular complexity index is 490. The van der Waals surface area contributed by atoms with E-state index in [0.29, 0.717) is 35.7 Å². The zero-order chi connectivity index (χ0) is 14.5. The van der Waals surface area contributed by atoms with Crippen molar-refractivity contribution in [2.45, 2.75) is 32.4 Å². The molecule has 1 aliphatic carbocycles. The Balaban J connectivity index is 2.00. The molecular weight excluding hydrogens is 280 g/mol. The Kier molecular flexibility index (Phi) is 4.95. The number of nitrogens with one attached hydrogen (secondary N) is 2. The lowest BCUT2D eigenvalue weighted by atomic mass is 10.2. The van der Waals surface area contributed by atoms with Gasteiger partial charge in [-0.1, -0.05) is 11.6 Å². The first kappa shape index (κ1) is 14.8. The van der Waals surface area contributed by atoms with Gasteiger partial charge in [0.15, 0.2) is 11.5 Å². The normalized spacial score (nSPS) is 13.8. The molecule has 1 aromatic rings. The number of carbonyl (C=O) groups excluding carboxylic acids is 1. The molecule has 0 bridgehead atoms. The van der Waals surface area contributed by atoms with Gasteiger partial charge in [0.05, 0.1) is 18.7 Å². The zero-order valence-corrected chi connectivity index (χ0v) is 12.4. The van der Waals surface area contributed by atoms with Crippen molar-refractivity contribution in [1.82, 2.24) is 10.6 Å². The summed E-state index contributed by atoms with van der Waals surface area (Å²) < 4.78 is 10.7. The molecule has 0 aliphatic heterocycles. The predicted octanol–water partition coefficient (Wildman–Crippen LogP) is 2.71. The summed E-state index contributed by atoms with van der Waals surface area (Å²) in [6.45, 7) is 2.78. The topological polar surface area (TPSA) is 59.6 Å². The average Bonchev–Trinajstić information content (AvgIpc) is 3.23. The molecular formula is C14H19ClN2O3. The largest absolute Gasteiger partial charge is 0.493 e. The smallest absolute Gasteiger partial charge is 0.315 e. The number of amides is 2. The van der Waals surface area contributed by atoms with Crippen LogP contribution in [0.15, 0.2) is 12.1 Å². The van der Waals surface area contributed by atoms with Gasteiger partial charge in [-0.3, -0.25) is 0 Å². The van der Waals surface area contributed by atoms with Crippen LogP contribution in [0.3, 0.4) is 0 Å². The van der Waals surface area contributed by atoms with Gasteiger partial charge >= 0.3 is 6.03 Å². The van der Waals surface area contributed by atoms with Crippen LogP contribution in [0.25, 0.3) is 0 Å². The fraction of sp³-hybridized carbons (Fsp3) is 0.500. The molecule has 1 aliphatic rings. The van der Waals surface area contributed by atoms with E-state index < -0.39 is 0 Å². The van der Waals surface area contributed by atoms with Crippen LogP contribution in [0.5, 0.6) is 11.5 Å². The lowest BCUT2D eigenvalue weighted by Crippen LogP contribution is -2.36. The SMILES string of the molecule is CCOc1c(Cl)cc(CNC(=O)NC2CC2)cc1OC. The van der Waals surface area contributed by atoms with Crippen LogP contribution in [0.1, 0.15) is 25.3 Å². The maximum atomic E-state index is 11.6. The zero-order valence-electron chi connectivity index (χ0n) is 11.7. The first-order valence-corrected chi connectivity index (χ1v) is 7.05. The number of carbonyl (C=O) groups is 1. The van der Waals surface area contributed by atoms with Crippen molar-refractivity contribution < 1.29 is 14.3 Å². The van der Waals surface area contributed by atoms with Gasteiger partial charge in [-0.05, 0) is 37.5 Å². The number of ether oxygens (including phenoxy) is 2. The Labute approximate surface area is 123 Å². The summed E-state index contributed by atoms with van der Waals surface area (Å²) in [6, 6.07) is 3.77. The minimum atomic E-state index is -0.156. The molecule has 0 saturated heterocycles. The van der Waals surface area contributed by atoms with Crippen molar-refractivity contribution in [1.29, 1.82) is 0 Å². The van der Waals surface area contributed by atoms with Crippen LogP contribution in [0.2, 0.25) is 5.02 Å². The van der Waals surface area contributed by atoms with Crippen LogP contribution in [-0.2, 0) is 6.54 Å². The number of benzene rings is 1. The van der Waals surface area contributed by atoms with Gasteiger partial charge in [0.1, 0.15) is 0 Å². The highest BCUT2D eigenvalue weighted by molar-refractivity contribution is 6.32. The van der Waals surface area contributed by atoms with Crippen LogP contribution in [0.4, 0.5) is 4.79 Å². The molecule has 1 fully saturated rings. The van der Waals surface area contributed by atoms with E-state index in [1.54, 1.807) is 13.2 Å². The summed E-state index contributed by atoms with van der Waals surface area (Å²) in [6.07, 6.45) is 2.13. The van der Waals surface area contributed by atoms with E-state index in [9.17, 15) is 4.79 Å². The van der Waals surface area contributed by atoms with E-state index in [1.807, 2.05) is 13.0 Å². The van der Waals surface area contributed by atoms with Crippen LogP contribution < -0.4 is 20.1 Å². The van der Waals surface area contributed by atoms with Crippen molar-refractivity contribution in [2.24, 2.45) is 0 Å². The Morgan fingerprint density at radius 3 is 2.80 bits per heavy atom. The number of hydrogen-bond acceptors (Lipinski definition) is 3. The summed E-state index contributed by atoms with van der Waals surface area (Å²) >= 11 is 6.17. The molecule has 0 heterocycles. The number of rotatable bonds is 6. The van der Waals surface area contributed by atoms with Crippen molar-refractivity contribution in [3.8, 4) is 11.5 Å². The third-order valence-electron chi connectivity index (χ3n) is 2.94. The second-order valence-electron chi connectivity index (χ2n) is 4.64. The monoisotopic (exact) mass is 298 g/mol. The quantitative estimate of drug-likeness (QED) is 0.849. The fourth-order valence-electron chi connectivity index (χ4n) is 1.81. The average molecular weight is 299 g/mol. The minimum Gasteiger partial charge on any atom is -0.493 e. The lowest BCUT2D eigenvalue weighted by Gasteiger charge is -2.13. The first-order valence-electron chi connectivity index (χ1n) is 6.67. The maximum Gasteiger partial charge on any atom is 0.315 e. The second kappa shape index (κ2) is 6.70. The van der Waals surface area contributed by atoms with Crippen molar-refractivity contribution in [3.63, 3.8) is 0 Å². The van der Waals surface area contributed by atoms with Gasteiger partial charge in [-0.25, -0.2) is 4.79 Å². The molecule has 6 heteroatoms. The first-order chi connectivity index (χ1) is 9.63. The highest BCUT2D eigenvalue weighted by atomic mass is 35.5. The van der Waals surface area contributed by atoms with E-state index in [0.717, 1.165) is 18.4 Å². The Morgan fingerprint density at radius 2 is 2.20 bits per heavy atom. The van der Waals surface area contributed by atoms with Crippen molar-refractivity contribution >= 4 is 17.6 Å². The fourth-order valence-corrected chi connectivity index (χ4v) is 2.09. The number of urea groups is 1. The molecule has 1 saturated carbocycles. The Hall–Kier alpha value is -1.62. The molecule has 2 N–H and O–H groups in total. The van der Waals surface area contributed by atoms with E-state index in [-0.39, 0.29) is 6.03 Å². The van der Waals surface area contributed by atoms with Crippen LogP contribution in [0, 0.1) is 0 Å². The van der Waals surface area contributed by atoms with Gasteiger partial charge in [0, 0.05) is 12.6 Å². The number of methoxy groups -OCH3 is 1. The molecule has 20 heavy (non-hydrogen) atoms. The van der Waals surface area contributed by atoms with E-state index in [2.05, 4.69) is 10.6 Å². The maximum absolute atomic E-state index is 11.6. The number of halogens is 1. The molecule has 0 unspecified atom stereocenters. The minimum absolute atomic E-state index is 0.156. The van der Waals surface area contributed by atoms with E-state index in [4.69, 9.17) is 21.1 Å². The van der Waals surface area contributed by atoms with Gasteiger partial charge in [-0.15, -0.1) is 0 Å². The van der Waals surface area contributed by atoms with E-state index in [1.165, 1.54) is 0 Å². The van der Waals surface area contributed by atoms with Crippen LogP contribution in [-0.4, -0.2) is 25.8 Å². The van der Waals surface area contributed by atoms with Crippen molar-refractivity contribution in [2.75, 3.05) is 13.7 Å². The summed E-state index contributed by atoms with van der Waals surface area (Å²) in [5.41, 5.74) is 0.862. The number of hydrogen-bond donors (Lipinski definition) is 2. The summed E-state index contributed by atoms with van der Waals surface area (Å²) in [4.78, 5) is 11.6. The van der Waals surface area contributed by atoms with Gasteiger partial charge in [0.25, 0.3) is 0 Å². The predicted molar refractivity (Wildman–Crippen MR) is 77.6 cm³/mol. The molecule has 5 nitrogen and oxygen atoms in total. The summed E-state index contributed by atoms with van der Waals surface area (Å²) in [5, 5.41) is 6.13. The Morgan fingerprint density at radius 1 is 1.45 bits per heavy atom. The molecule has 2 rings (SSSR count). The molecule has 110 valence electrons. The van der Waals surface area contributed by atoms with Crippen molar-refractivity contribution in [3.05, 3.63) is 22.7 Å². The van der Waals surface area contributed by atoms with E-state index >= 15 is 0 Å². The molecule has 0 spiro atoms. The highest BCUT2D eigenvalue weighted by Gasteiger charge is 2.23.